The number of piperazine rings is 1. The maximum absolute atomic E-state index is 13.9. The predicted octanol–water partition coefficient (Wildman–Crippen LogP) is 3.68. The number of rotatable bonds is 4. The monoisotopic (exact) mass is 654 g/mol. The molecular weight excluding hydrogens is 616 g/mol. The fourth-order valence-corrected chi connectivity index (χ4v) is 9.42. The van der Waals surface area contributed by atoms with E-state index in [0.717, 1.165) is 29.5 Å². The first kappa shape index (κ1) is 30.7. The van der Waals surface area contributed by atoms with Crippen molar-refractivity contribution in [1.29, 1.82) is 5.26 Å². The number of hydrogen-bond acceptors (Lipinski definition) is 11. The van der Waals surface area contributed by atoms with Gasteiger partial charge in [0, 0.05) is 59.0 Å². The first-order chi connectivity index (χ1) is 23.1. The summed E-state index contributed by atoms with van der Waals surface area (Å²) in [5.41, 5.74) is 5.60. The number of amides is 2. The molecule has 8 rings (SSSR count). The highest BCUT2D eigenvalue weighted by atomic mass is 16.7. The highest BCUT2D eigenvalue weighted by molar-refractivity contribution is 6.19. The molecule has 48 heavy (non-hydrogen) atoms. The summed E-state index contributed by atoms with van der Waals surface area (Å²) in [5, 5.41) is 22.7. The van der Waals surface area contributed by atoms with Gasteiger partial charge in [-0.1, -0.05) is 6.07 Å². The van der Waals surface area contributed by atoms with Crippen LogP contribution in [0.3, 0.4) is 0 Å². The number of ether oxygens (including phenoxy) is 4. The number of hydrogen-bond donors (Lipinski definition) is 1. The summed E-state index contributed by atoms with van der Waals surface area (Å²) in [6, 6.07) is 2.18. The summed E-state index contributed by atoms with van der Waals surface area (Å²) in [6.45, 7) is 4.98. The van der Waals surface area contributed by atoms with Gasteiger partial charge in [-0.3, -0.25) is 29.1 Å². The predicted molar refractivity (Wildman–Crippen MR) is 170 cm³/mol. The lowest BCUT2D eigenvalue weighted by Gasteiger charge is -2.60. The van der Waals surface area contributed by atoms with Gasteiger partial charge in [0.15, 0.2) is 23.0 Å². The number of fused-ring (bicyclic) bond motifs is 9. The Labute approximate surface area is 278 Å². The summed E-state index contributed by atoms with van der Waals surface area (Å²) < 4.78 is 23.6. The zero-order chi connectivity index (χ0) is 33.8. The molecule has 12 nitrogen and oxygen atoms in total. The van der Waals surface area contributed by atoms with Crippen molar-refractivity contribution in [2.24, 2.45) is 0 Å². The normalized spacial score (nSPS) is 27.2. The Kier molecular flexibility index (Phi) is 7.02. The molecule has 5 aliphatic heterocycles. The molecule has 6 aliphatic rings. The van der Waals surface area contributed by atoms with E-state index in [1.807, 2.05) is 27.0 Å². The molecule has 250 valence electrons. The van der Waals surface area contributed by atoms with Crippen molar-refractivity contribution in [3.05, 3.63) is 50.6 Å². The van der Waals surface area contributed by atoms with Crippen LogP contribution in [-0.2, 0) is 27.2 Å². The molecule has 1 N–H and O–H groups in total. The highest BCUT2D eigenvalue weighted by Crippen LogP contribution is 2.58. The Morgan fingerprint density at radius 2 is 1.73 bits per heavy atom. The summed E-state index contributed by atoms with van der Waals surface area (Å²) in [5.74, 6) is 0.642. The van der Waals surface area contributed by atoms with Crippen LogP contribution in [0.5, 0.6) is 28.7 Å². The summed E-state index contributed by atoms with van der Waals surface area (Å²) in [6.07, 6.45) is 3.68. The SMILES string of the molecule is COc1c(C)cc2c(c1O)[C@@H]1[C@@H]3Cc4c(OC(C)=O)c(C)c5c(c4[C@H](CN4C(=O)C6=C(CCCC6)C4=O)N3[C@@H](C#N)[C@H](C2)N1C)OCO5. The Bertz CT molecular complexity index is 1870. The van der Waals surface area contributed by atoms with E-state index >= 15 is 0 Å². The van der Waals surface area contributed by atoms with Crippen LogP contribution in [0.1, 0.15) is 78.1 Å². The van der Waals surface area contributed by atoms with Crippen molar-refractivity contribution in [3.8, 4) is 34.8 Å². The second kappa shape index (κ2) is 11.0. The topological polar surface area (TPSA) is 142 Å². The average molecular weight is 655 g/mol. The van der Waals surface area contributed by atoms with Crippen LogP contribution >= 0.6 is 0 Å². The zero-order valence-electron chi connectivity index (χ0n) is 27.7. The van der Waals surface area contributed by atoms with E-state index in [9.17, 15) is 24.8 Å². The van der Waals surface area contributed by atoms with Crippen molar-refractivity contribution in [2.75, 3.05) is 27.5 Å². The number of esters is 1. The number of nitriles is 1. The first-order valence-corrected chi connectivity index (χ1v) is 16.6. The fourth-order valence-electron chi connectivity index (χ4n) is 9.42. The van der Waals surface area contributed by atoms with Gasteiger partial charge in [-0.25, -0.2) is 0 Å². The van der Waals surface area contributed by atoms with E-state index < -0.39 is 30.1 Å². The Morgan fingerprint density at radius 3 is 2.38 bits per heavy atom. The third-order valence-corrected chi connectivity index (χ3v) is 11.3. The molecule has 1 saturated heterocycles. The number of imide groups is 1. The van der Waals surface area contributed by atoms with E-state index in [2.05, 4.69) is 15.9 Å². The molecule has 2 amide bonds. The van der Waals surface area contributed by atoms with Gasteiger partial charge in [0.25, 0.3) is 11.8 Å². The molecule has 0 unspecified atom stereocenters. The maximum Gasteiger partial charge on any atom is 0.308 e. The van der Waals surface area contributed by atoms with Crippen molar-refractivity contribution in [2.45, 2.75) is 89.5 Å². The van der Waals surface area contributed by atoms with Gasteiger partial charge in [-0.2, -0.15) is 5.26 Å². The number of carbonyl (C=O) groups is 3. The lowest BCUT2D eigenvalue weighted by atomic mass is 9.71. The molecule has 2 aromatic rings. The van der Waals surface area contributed by atoms with Crippen LogP contribution in [-0.4, -0.2) is 83.2 Å². The Morgan fingerprint density at radius 1 is 1.04 bits per heavy atom. The molecule has 0 radical (unpaired) electrons. The Balaban J connectivity index is 1.36. The average Bonchev–Trinajstić information content (AvgIpc) is 3.64. The molecular formula is C36H38N4O8. The number of phenolic OH excluding ortho intramolecular Hbond substituents is 1. The third-order valence-electron chi connectivity index (χ3n) is 11.3. The van der Waals surface area contributed by atoms with Crippen LogP contribution in [0.25, 0.3) is 0 Å². The molecule has 0 saturated carbocycles. The minimum atomic E-state index is -0.697. The van der Waals surface area contributed by atoms with E-state index in [4.69, 9.17) is 18.9 Å². The fraction of sp³-hybridized carbons (Fsp3) is 0.500. The van der Waals surface area contributed by atoms with Gasteiger partial charge in [0.05, 0.1) is 25.3 Å². The standard InChI is InChI=1S/C36H38N4O8/c1-16-10-19-11-23-25(13-37)40-24(29(38(23)4)27(19)30(42)31(16)45-5)12-22-28(34-33(46-15-47-34)17(2)32(22)48-18(3)41)26(40)14-39-35(43)20-8-6-7-9-21(20)36(39)44/h10,23-26,29,42H,6-9,11-12,14-15H2,1-5H3/t23-,24-,25-,26-,29-/m0/s1. The lowest BCUT2D eigenvalue weighted by Crippen LogP contribution is -2.69. The largest absolute Gasteiger partial charge is 0.504 e. The van der Waals surface area contributed by atoms with Gasteiger partial charge in [0.1, 0.15) is 11.8 Å². The van der Waals surface area contributed by atoms with Crippen molar-refractivity contribution in [1.82, 2.24) is 14.7 Å². The summed E-state index contributed by atoms with van der Waals surface area (Å²) in [7, 11) is 3.50. The molecule has 2 aromatic carbocycles. The molecule has 0 aromatic heterocycles. The molecule has 5 atom stereocenters. The second-order valence-electron chi connectivity index (χ2n) is 13.7. The zero-order valence-corrected chi connectivity index (χ0v) is 27.7. The number of phenols is 1. The number of methoxy groups -OCH3 is 1. The lowest BCUT2D eigenvalue weighted by molar-refractivity contribution is -0.140. The molecule has 2 bridgehead atoms. The molecule has 1 aliphatic carbocycles. The smallest absolute Gasteiger partial charge is 0.308 e. The van der Waals surface area contributed by atoms with E-state index in [-0.39, 0.29) is 36.9 Å². The van der Waals surface area contributed by atoms with Crippen LogP contribution in [0, 0.1) is 25.2 Å². The van der Waals surface area contributed by atoms with Gasteiger partial charge >= 0.3 is 5.97 Å². The van der Waals surface area contributed by atoms with E-state index in [0.29, 0.717) is 76.5 Å². The second-order valence-corrected chi connectivity index (χ2v) is 13.7. The minimum Gasteiger partial charge on any atom is -0.504 e. The van der Waals surface area contributed by atoms with Gasteiger partial charge in [-0.15, -0.1) is 0 Å². The summed E-state index contributed by atoms with van der Waals surface area (Å²) >= 11 is 0. The number of likely N-dealkylation sites (N-methyl/N-ethyl adjacent to an activating group) is 1. The summed E-state index contributed by atoms with van der Waals surface area (Å²) in [4.78, 5) is 45.9. The van der Waals surface area contributed by atoms with Crippen LogP contribution < -0.4 is 18.9 Å². The van der Waals surface area contributed by atoms with Crippen LogP contribution in [0.2, 0.25) is 0 Å². The number of aromatic hydroxyl groups is 1. The van der Waals surface area contributed by atoms with Crippen LogP contribution in [0.4, 0.5) is 0 Å². The molecule has 0 spiro atoms. The first-order valence-electron chi connectivity index (χ1n) is 16.6. The molecule has 1 fully saturated rings. The number of benzene rings is 2. The van der Waals surface area contributed by atoms with Crippen molar-refractivity contribution < 1.29 is 38.4 Å². The van der Waals surface area contributed by atoms with Gasteiger partial charge in [0.2, 0.25) is 6.79 Å². The van der Waals surface area contributed by atoms with E-state index in [1.54, 1.807) is 0 Å². The number of aryl methyl sites for hydroxylation is 1. The minimum absolute atomic E-state index is 0.0239. The van der Waals surface area contributed by atoms with Crippen LogP contribution in [0.15, 0.2) is 17.2 Å². The molecule has 12 heteroatoms. The van der Waals surface area contributed by atoms with Gasteiger partial charge < -0.3 is 24.1 Å². The van der Waals surface area contributed by atoms with E-state index in [1.165, 1.54) is 18.9 Å². The van der Waals surface area contributed by atoms with Crippen molar-refractivity contribution in [3.63, 3.8) is 0 Å². The number of nitrogens with zero attached hydrogens (tertiary/aromatic N) is 4. The Hall–Kier alpha value is -4.60. The van der Waals surface area contributed by atoms with Crippen molar-refractivity contribution >= 4 is 17.8 Å². The molecule has 5 heterocycles. The quantitative estimate of drug-likeness (QED) is 0.293. The maximum atomic E-state index is 13.9. The van der Waals surface area contributed by atoms with Gasteiger partial charge in [-0.05, 0) is 70.5 Å². The highest BCUT2D eigenvalue weighted by Gasteiger charge is 2.58. The number of carbonyl (C=O) groups excluding carboxylic acids is 3. The third kappa shape index (κ3) is 4.10.